The number of pyridine rings is 1. The van der Waals surface area contributed by atoms with E-state index in [1.807, 2.05) is 13.1 Å². The van der Waals surface area contributed by atoms with Gasteiger partial charge in [-0.15, -0.1) is 0 Å². The van der Waals surface area contributed by atoms with Crippen LogP contribution >= 0.6 is 0 Å². The third-order valence-corrected chi connectivity index (χ3v) is 2.30. The minimum Gasteiger partial charge on any atom is -0.344 e. The number of aryl methyl sites for hydroxylation is 1. The monoisotopic (exact) mass is 174 g/mol. The van der Waals surface area contributed by atoms with E-state index < -0.39 is 0 Å². The Balaban J connectivity index is 2.69. The number of hydrogen-bond acceptors (Lipinski definition) is 1. The molecule has 0 N–H and O–H groups in total. The largest absolute Gasteiger partial charge is 0.344 e. The maximum Gasteiger partial charge on any atom is 0.0669 e. The van der Waals surface area contributed by atoms with Crippen LogP contribution in [0.5, 0.6) is 0 Å². The van der Waals surface area contributed by atoms with Gasteiger partial charge in [-0.05, 0) is 32.9 Å². The van der Waals surface area contributed by atoms with Crippen LogP contribution in [0.3, 0.4) is 0 Å². The molecule has 0 aliphatic rings. The van der Waals surface area contributed by atoms with Crippen molar-refractivity contribution in [1.29, 1.82) is 0 Å². The molecule has 2 aromatic heterocycles. The maximum atomic E-state index is 4.30. The Hall–Kier alpha value is -1.31. The summed E-state index contributed by atoms with van der Waals surface area (Å²) in [5.41, 5.74) is 2.30. The van der Waals surface area contributed by atoms with Crippen molar-refractivity contribution in [3.63, 3.8) is 0 Å². The van der Waals surface area contributed by atoms with Crippen LogP contribution in [0.2, 0.25) is 0 Å². The smallest absolute Gasteiger partial charge is 0.0669 e. The van der Waals surface area contributed by atoms with Crippen molar-refractivity contribution < 1.29 is 0 Å². The van der Waals surface area contributed by atoms with Crippen LogP contribution in [0.15, 0.2) is 24.5 Å². The highest BCUT2D eigenvalue weighted by atomic mass is 15.0. The van der Waals surface area contributed by atoms with E-state index in [-0.39, 0.29) is 0 Å². The lowest BCUT2D eigenvalue weighted by Crippen LogP contribution is -1.98. The first-order chi connectivity index (χ1) is 6.18. The molecule has 0 fully saturated rings. The second-order valence-electron chi connectivity index (χ2n) is 3.70. The van der Waals surface area contributed by atoms with Gasteiger partial charge in [0, 0.05) is 23.3 Å². The average molecular weight is 174 g/mol. The van der Waals surface area contributed by atoms with E-state index in [1.165, 1.54) is 10.9 Å². The number of fused-ring (bicyclic) bond motifs is 1. The van der Waals surface area contributed by atoms with Crippen molar-refractivity contribution in [1.82, 2.24) is 9.55 Å². The zero-order valence-corrected chi connectivity index (χ0v) is 8.28. The molecule has 2 rings (SSSR count). The van der Waals surface area contributed by atoms with E-state index in [9.17, 15) is 0 Å². The molecule has 68 valence electrons. The lowest BCUT2D eigenvalue weighted by Gasteiger charge is -2.08. The zero-order chi connectivity index (χ0) is 9.42. The van der Waals surface area contributed by atoms with Crippen molar-refractivity contribution in [2.45, 2.75) is 26.8 Å². The Morgan fingerprint density at radius 3 is 2.85 bits per heavy atom. The molecule has 0 spiro atoms. The summed E-state index contributed by atoms with van der Waals surface area (Å²) in [6.45, 7) is 6.38. The highest BCUT2D eigenvalue weighted by Gasteiger charge is 2.03. The molecule has 0 saturated heterocycles. The highest BCUT2D eigenvalue weighted by Crippen LogP contribution is 2.19. The molecule has 0 bridgehead atoms. The molecular formula is C11H14N2. The summed E-state index contributed by atoms with van der Waals surface area (Å²) in [5.74, 6) is 0. The van der Waals surface area contributed by atoms with Crippen LogP contribution in [-0.2, 0) is 0 Å². The lowest BCUT2D eigenvalue weighted by atomic mass is 10.3. The first-order valence-electron chi connectivity index (χ1n) is 4.61. The molecule has 0 unspecified atom stereocenters. The van der Waals surface area contributed by atoms with E-state index in [1.54, 1.807) is 0 Å². The molecule has 2 heterocycles. The number of rotatable bonds is 1. The van der Waals surface area contributed by atoms with Crippen LogP contribution in [0, 0.1) is 6.92 Å². The van der Waals surface area contributed by atoms with Crippen LogP contribution in [0.1, 0.15) is 25.6 Å². The van der Waals surface area contributed by atoms with E-state index in [2.05, 4.69) is 41.7 Å². The summed E-state index contributed by atoms with van der Waals surface area (Å²) in [5, 5.41) is 1.28. The fraction of sp³-hybridized carbons (Fsp3) is 0.364. The van der Waals surface area contributed by atoms with Crippen molar-refractivity contribution in [2.24, 2.45) is 0 Å². The zero-order valence-electron chi connectivity index (χ0n) is 8.28. The number of nitrogens with zero attached hydrogens (tertiary/aromatic N) is 2. The summed E-state index contributed by atoms with van der Waals surface area (Å²) in [4.78, 5) is 4.30. The van der Waals surface area contributed by atoms with Gasteiger partial charge in [0.1, 0.15) is 0 Å². The summed E-state index contributed by atoms with van der Waals surface area (Å²) >= 11 is 0. The molecule has 0 saturated carbocycles. The Kier molecular flexibility index (Phi) is 1.83. The maximum absolute atomic E-state index is 4.30. The molecule has 2 aromatic rings. The van der Waals surface area contributed by atoms with Crippen molar-refractivity contribution in [2.75, 3.05) is 0 Å². The van der Waals surface area contributed by atoms with E-state index in [0.29, 0.717) is 6.04 Å². The fourth-order valence-corrected chi connectivity index (χ4v) is 1.61. The molecule has 0 radical (unpaired) electrons. The Bertz CT molecular complexity index is 427. The van der Waals surface area contributed by atoms with Crippen LogP contribution in [0.25, 0.3) is 10.9 Å². The number of hydrogen-bond donors (Lipinski definition) is 0. The summed E-state index contributed by atoms with van der Waals surface area (Å²) in [6.07, 6.45) is 4.07. The molecule has 0 atom stereocenters. The summed E-state index contributed by atoms with van der Waals surface area (Å²) in [7, 11) is 0. The van der Waals surface area contributed by atoms with Crippen LogP contribution in [0.4, 0.5) is 0 Å². The number of aromatic nitrogens is 2. The molecule has 0 aliphatic heterocycles. The standard InChI is InChI=1S/C11H14N2/c1-8(2)13-5-4-10-6-9(3)12-7-11(10)13/h4-8H,1-3H3. The Morgan fingerprint density at radius 2 is 2.15 bits per heavy atom. The predicted molar refractivity (Wildman–Crippen MR) is 54.9 cm³/mol. The average Bonchev–Trinajstić information content (AvgIpc) is 2.46. The first-order valence-corrected chi connectivity index (χ1v) is 4.61. The van der Waals surface area contributed by atoms with Gasteiger partial charge in [-0.3, -0.25) is 4.98 Å². The quantitative estimate of drug-likeness (QED) is 0.650. The minimum absolute atomic E-state index is 0.502. The minimum atomic E-state index is 0.502. The summed E-state index contributed by atoms with van der Waals surface area (Å²) in [6, 6.07) is 4.76. The Morgan fingerprint density at radius 1 is 1.38 bits per heavy atom. The van der Waals surface area contributed by atoms with Crippen molar-refractivity contribution in [3.8, 4) is 0 Å². The molecule has 0 aliphatic carbocycles. The van der Waals surface area contributed by atoms with Crippen molar-refractivity contribution in [3.05, 3.63) is 30.2 Å². The topological polar surface area (TPSA) is 17.8 Å². The molecule has 2 nitrogen and oxygen atoms in total. The SMILES string of the molecule is Cc1cc2ccn(C(C)C)c2cn1. The molecular weight excluding hydrogens is 160 g/mol. The molecule has 13 heavy (non-hydrogen) atoms. The van der Waals surface area contributed by atoms with Crippen LogP contribution in [-0.4, -0.2) is 9.55 Å². The van der Waals surface area contributed by atoms with Gasteiger partial charge in [-0.1, -0.05) is 0 Å². The molecule has 2 heteroatoms. The second-order valence-corrected chi connectivity index (χ2v) is 3.70. The lowest BCUT2D eigenvalue weighted by molar-refractivity contribution is 0.622. The third-order valence-electron chi connectivity index (χ3n) is 2.30. The van der Waals surface area contributed by atoms with E-state index >= 15 is 0 Å². The first kappa shape index (κ1) is 8.30. The van der Waals surface area contributed by atoms with Gasteiger partial charge in [-0.25, -0.2) is 0 Å². The highest BCUT2D eigenvalue weighted by molar-refractivity contribution is 5.79. The summed E-state index contributed by atoms with van der Waals surface area (Å²) < 4.78 is 2.24. The van der Waals surface area contributed by atoms with E-state index in [0.717, 1.165) is 5.69 Å². The van der Waals surface area contributed by atoms with Gasteiger partial charge in [0.15, 0.2) is 0 Å². The Labute approximate surface area is 78.2 Å². The molecule has 0 amide bonds. The van der Waals surface area contributed by atoms with Gasteiger partial charge in [-0.2, -0.15) is 0 Å². The second kappa shape index (κ2) is 2.87. The van der Waals surface area contributed by atoms with E-state index in [4.69, 9.17) is 0 Å². The molecule has 0 aromatic carbocycles. The fourth-order valence-electron chi connectivity index (χ4n) is 1.61. The normalized spacial score (nSPS) is 11.4. The van der Waals surface area contributed by atoms with Gasteiger partial charge in [0.2, 0.25) is 0 Å². The third kappa shape index (κ3) is 1.32. The van der Waals surface area contributed by atoms with Crippen LogP contribution < -0.4 is 0 Å². The predicted octanol–water partition coefficient (Wildman–Crippen LogP) is 2.93. The van der Waals surface area contributed by atoms with Gasteiger partial charge < -0.3 is 4.57 Å². The van der Waals surface area contributed by atoms with Gasteiger partial charge in [0.05, 0.1) is 11.7 Å². The van der Waals surface area contributed by atoms with Crippen molar-refractivity contribution >= 4 is 10.9 Å². The van der Waals surface area contributed by atoms with Gasteiger partial charge >= 0.3 is 0 Å². The van der Waals surface area contributed by atoms with Gasteiger partial charge in [0.25, 0.3) is 0 Å².